The van der Waals surface area contributed by atoms with Gasteiger partial charge in [0.2, 0.25) is 11.8 Å². The Bertz CT molecular complexity index is 2450. The topological polar surface area (TPSA) is 169 Å². The van der Waals surface area contributed by atoms with E-state index in [4.69, 9.17) is 9.72 Å². The van der Waals surface area contributed by atoms with Crippen LogP contribution in [0.15, 0.2) is 85.2 Å². The Hall–Kier alpha value is -6.58. The second-order valence-electron chi connectivity index (χ2n) is 17.3. The van der Waals surface area contributed by atoms with Crippen LogP contribution in [0.2, 0.25) is 0 Å². The number of piperidine rings is 2. The zero-order valence-corrected chi connectivity index (χ0v) is 35.8. The molecule has 1 aliphatic carbocycles. The first kappa shape index (κ1) is 42.7. The van der Waals surface area contributed by atoms with Crippen LogP contribution < -0.4 is 15.5 Å². The molecule has 0 bridgehead atoms. The minimum atomic E-state index is -0.924. The molecule has 3 saturated heterocycles. The van der Waals surface area contributed by atoms with Gasteiger partial charge in [0.25, 0.3) is 5.91 Å². The summed E-state index contributed by atoms with van der Waals surface area (Å²) in [7, 11) is 1.26. The predicted molar refractivity (Wildman–Crippen MR) is 233 cm³/mol. The van der Waals surface area contributed by atoms with Crippen LogP contribution in [0.4, 0.5) is 19.3 Å². The molecule has 5 aromatic rings. The number of halogens is 2. The number of hydrogen-bond donors (Lipinski definition) is 4. The van der Waals surface area contributed by atoms with E-state index in [0.29, 0.717) is 85.9 Å². The van der Waals surface area contributed by atoms with Gasteiger partial charge in [-0.2, -0.15) is 0 Å². The second-order valence-corrected chi connectivity index (χ2v) is 17.3. The van der Waals surface area contributed by atoms with Crippen LogP contribution in [0.25, 0.3) is 11.3 Å². The second kappa shape index (κ2) is 18.6. The summed E-state index contributed by atoms with van der Waals surface area (Å²) < 4.78 is 36.8. The standard InChI is InChI=1S/C48H53F2N9O5/c1-64-48(63)56-41(31-13-6-3-7-14-31)47(62)58-21-9-8-15-38(58)43-51-27-36(53-43)29-19-23-57(24-20-29)42-34(49)25-33(26-35(42)50)37-28-52-44(54-37)39-16-10-22-59(39)46(61)40(30-11-4-2-5-12-30)55-45(60)32-17-18-32/h2-7,11-14,25-29,32,38-41H,8-10,15-24H2,1H3,(H,51,53)(H,52,54)(H,55,60)(H,56,63)/t38-,39-,40?,41+/m0/s1. The van der Waals surface area contributed by atoms with E-state index in [0.717, 1.165) is 37.8 Å². The molecule has 4 fully saturated rings. The summed E-state index contributed by atoms with van der Waals surface area (Å²) in [5.41, 5.74) is 2.93. The number of aromatic nitrogens is 4. The number of carbonyl (C=O) groups excluding carboxylic acids is 4. The van der Waals surface area contributed by atoms with Gasteiger partial charge >= 0.3 is 6.09 Å². The minimum Gasteiger partial charge on any atom is -0.453 e. The lowest BCUT2D eigenvalue weighted by Crippen LogP contribution is -2.46. The summed E-state index contributed by atoms with van der Waals surface area (Å²) in [4.78, 5) is 74.7. The minimum absolute atomic E-state index is 0.0596. The molecule has 3 aromatic carbocycles. The largest absolute Gasteiger partial charge is 0.453 e. The molecular formula is C48H53F2N9O5. The van der Waals surface area contributed by atoms with Gasteiger partial charge in [-0.15, -0.1) is 0 Å². The highest BCUT2D eigenvalue weighted by Gasteiger charge is 2.40. The van der Waals surface area contributed by atoms with E-state index in [9.17, 15) is 19.2 Å². The van der Waals surface area contributed by atoms with Crippen LogP contribution >= 0.6 is 0 Å². The molecule has 4 N–H and O–H groups in total. The number of nitrogens with zero attached hydrogens (tertiary/aromatic N) is 5. The van der Waals surface area contributed by atoms with Crippen LogP contribution in [-0.2, 0) is 19.1 Å². The highest BCUT2D eigenvalue weighted by Crippen LogP contribution is 2.39. The fraction of sp³-hybridized carbons (Fsp3) is 0.417. The molecule has 5 heterocycles. The maximum absolute atomic E-state index is 16.0. The van der Waals surface area contributed by atoms with E-state index in [1.165, 1.54) is 19.2 Å². The van der Waals surface area contributed by atoms with Gasteiger partial charge in [0, 0.05) is 55.5 Å². The number of H-pyrrole nitrogens is 2. The monoisotopic (exact) mass is 873 g/mol. The molecule has 4 aliphatic rings. The molecule has 3 aliphatic heterocycles. The molecule has 1 saturated carbocycles. The first-order chi connectivity index (χ1) is 31.2. The Morgan fingerprint density at radius 2 is 1.25 bits per heavy atom. The summed E-state index contributed by atoms with van der Waals surface area (Å²) in [5, 5.41) is 5.69. The van der Waals surface area contributed by atoms with Crippen LogP contribution in [0.1, 0.15) is 116 Å². The van der Waals surface area contributed by atoms with Gasteiger partial charge < -0.3 is 40.0 Å². The lowest BCUT2D eigenvalue weighted by Gasteiger charge is -2.37. The van der Waals surface area contributed by atoms with Crippen molar-refractivity contribution in [1.82, 2.24) is 40.4 Å². The number of amides is 4. The van der Waals surface area contributed by atoms with Gasteiger partial charge in [0.1, 0.15) is 41.1 Å². The molecular weight excluding hydrogens is 821 g/mol. The molecule has 64 heavy (non-hydrogen) atoms. The highest BCUT2D eigenvalue weighted by atomic mass is 19.1. The quantitative estimate of drug-likeness (QED) is 0.0997. The van der Waals surface area contributed by atoms with Crippen molar-refractivity contribution in [1.29, 1.82) is 0 Å². The van der Waals surface area contributed by atoms with Crippen molar-refractivity contribution < 1.29 is 32.7 Å². The number of anilines is 1. The molecule has 4 amide bonds. The van der Waals surface area contributed by atoms with Crippen molar-refractivity contribution in [2.45, 2.75) is 87.9 Å². The van der Waals surface area contributed by atoms with Crippen molar-refractivity contribution in [2.75, 3.05) is 38.2 Å². The van der Waals surface area contributed by atoms with Gasteiger partial charge in [-0.3, -0.25) is 14.4 Å². The van der Waals surface area contributed by atoms with Crippen molar-refractivity contribution in [2.24, 2.45) is 5.92 Å². The third-order valence-corrected chi connectivity index (χ3v) is 13.2. The van der Waals surface area contributed by atoms with Crippen molar-refractivity contribution in [3.8, 4) is 11.3 Å². The number of benzene rings is 3. The van der Waals surface area contributed by atoms with Crippen molar-refractivity contribution in [3.05, 3.63) is 125 Å². The number of ether oxygens (including phenoxy) is 1. The van der Waals surface area contributed by atoms with Gasteiger partial charge in [-0.25, -0.2) is 23.5 Å². The molecule has 16 heteroatoms. The van der Waals surface area contributed by atoms with E-state index < -0.39 is 35.9 Å². The van der Waals surface area contributed by atoms with E-state index in [1.807, 2.05) is 48.5 Å². The van der Waals surface area contributed by atoms with E-state index >= 15 is 8.78 Å². The molecule has 334 valence electrons. The van der Waals surface area contributed by atoms with E-state index in [-0.39, 0.29) is 41.3 Å². The number of alkyl carbamates (subject to hydrolysis) is 1. The first-order valence-electron chi connectivity index (χ1n) is 22.4. The molecule has 9 rings (SSSR count). The van der Waals surface area contributed by atoms with Crippen LogP contribution in [0.3, 0.4) is 0 Å². The lowest BCUT2D eigenvalue weighted by atomic mass is 9.93. The highest BCUT2D eigenvalue weighted by molar-refractivity contribution is 5.91. The normalized spacial score (nSPS) is 20.1. The summed E-state index contributed by atoms with van der Waals surface area (Å²) in [6.45, 7) is 1.84. The van der Waals surface area contributed by atoms with Crippen molar-refractivity contribution in [3.63, 3.8) is 0 Å². The summed E-state index contributed by atoms with van der Waals surface area (Å²) in [5.74, 6) is -0.743. The zero-order valence-electron chi connectivity index (χ0n) is 35.8. The number of likely N-dealkylation sites (tertiary alicyclic amines) is 2. The van der Waals surface area contributed by atoms with E-state index in [2.05, 4.69) is 25.6 Å². The third-order valence-electron chi connectivity index (χ3n) is 13.2. The maximum atomic E-state index is 16.0. The number of nitrogens with one attached hydrogen (secondary N) is 4. The van der Waals surface area contributed by atoms with Gasteiger partial charge in [0.15, 0.2) is 0 Å². The molecule has 2 aromatic heterocycles. The van der Waals surface area contributed by atoms with E-state index in [1.54, 1.807) is 39.2 Å². The number of imidazole rings is 2. The number of hydrogen-bond acceptors (Lipinski definition) is 8. The Kier molecular flexibility index (Phi) is 12.4. The SMILES string of the molecule is COC(=O)N[C@@H](C(=O)N1CCCC[C@H]1c1ncc(C2CCN(c3c(F)cc(-c4cnc([C@@H]5CCCN5C(=O)C(NC(=O)C5CC5)c5ccccc5)[nH]4)cc3F)CC2)[nH]1)c1ccccc1. The smallest absolute Gasteiger partial charge is 0.407 e. The fourth-order valence-corrected chi connectivity index (χ4v) is 9.59. The Morgan fingerprint density at radius 3 is 1.86 bits per heavy atom. The fourth-order valence-electron chi connectivity index (χ4n) is 9.59. The van der Waals surface area contributed by atoms with Crippen LogP contribution in [-0.4, -0.2) is 86.8 Å². The van der Waals surface area contributed by atoms with Crippen LogP contribution in [0.5, 0.6) is 0 Å². The molecule has 0 radical (unpaired) electrons. The number of rotatable bonds is 12. The first-order valence-corrected chi connectivity index (χ1v) is 22.4. The predicted octanol–water partition coefficient (Wildman–Crippen LogP) is 7.54. The van der Waals surface area contributed by atoms with Gasteiger partial charge in [-0.1, -0.05) is 60.7 Å². The Labute approximate surface area is 370 Å². The van der Waals surface area contributed by atoms with Crippen LogP contribution in [0, 0.1) is 17.6 Å². The van der Waals surface area contributed by atoms with Gasteiger partial charge in [-0.05, 0) is 81.0 Å². The Morgan fingerprint density at radius 1 is 0.688 bits per heavy atom. The number of carbonyl (C=O) groups is 4. The average Bonchev–Trinajstić information content (AvgIpc) is 3.63. The average molecular weight is 874 g/mol. The maximum Gasteiger partial charge on any atom is 0.407 e. The van der Waals surface area contributed by atoms with Gasteiger partial charge in [0.05, 0.1) is 31.1 Å². The molecule has 1 unspecified atom stereocenters. The van der Waals surface area contributed by atoms with Crippen molar-refractivity contribution >= 4 is 29.5 Å². The lowest BCUT2D eigenvalue weighted by molar-refractivity contribution is -0.138. The molecule has 0 spiro atoms. The zero-order chi connectivity index (χ0) is 44.3. The summed E-state index contributed by atoms with van der Waals surface area (Å²) >= 11 is 0. The number of methoxy groups -OCH3 is 1. The number of aromatic amines is 2. The summed E-state index contributed by atoms with van der Waals surface area (Å²) in [6, 6.07) is 18.5. The molecule has 4 atom stereocenters. The molecule has 14 nitrogen and oxygen atoms in total. The Balaban J connectivity index is 0.849. The summed E-state index contributed by atoms with van der Waals surface area (Å²) in [6.07, 6.45) is 9.39. The third kappa shape index (κ3) is 8.95.